The Bertz CT molecular complexity index is 391. The first-order valence-corrected chi connectivity index (χ1v) is 12.7. The van der Waals surface area contributed by atoms with Crippen LogP contribution in [0.25, 0.3) is 0 Å². The molecule has 0 fully saturated rings. The van der Waals surface area contributed by atoms with Crippen LogP contribution in [0.15, 0.2) is 0 Å². The number of esters is 1. The molecule has 0 aliphatic carbocycles. The molecule has 0 aliphatic rings. The number of hydrogen-bond acceptors (Lipinski definition) is 11. The number of hydrogen-bond donors (Lipinski definition) is 0. The molecule has 11 nitrogen and oxygen atoms in total. The summed E-state index contributed by atoms with van der Waals surface area (Å²) in [6.07, 6.45) is 0. The normalized spacial score (nSPS) is 11.2. The SMILES string of the molecule is COC(=O)COCCOCCOCCOCCOCCOCCOCCOCCOCCI. The lowest BCUT2D eigenvalue weighted by atomic mass is 10.6. The van der Waals surface area contributed by atoms with E-state index in [-0.39, 0.29) is 6.61 Å². The Labute approximate surface area is 211 Å². The number of alkyl halides is 1. The molecule has 12 heteroatoms. The van der Waals surface area contributed by atoms with Gasteiger partial charge in [-0.05, 0) is 0 Å². The molecule has 0 radical (unpaired) electrons. The van der Waals surface area contributed by atoms with E-state index in [1.807, 2.05) is 0 Å². The lowest BCUT2D eigenvalue weighted by Gasteiger charge is -2.08. The molecule has 0 bridgehead atoms. The number of ether oxygens (including phenoxy) is 10. The predicted octanol–water partition coefficient (Wildman–Crippen LogP) is 0.744. The van der Waals surface area contributed by atoms with Gasteiger partial charge in [0.15, 0.2) is 0 Å². The second-order valence-electron chi connectivity index (χ2n) is 6.22. The molecule has 33 heavy (non-hydrogen) atoms. The summed E-state index contributed by atoms with van der Waals surface area (Å²) < 4.78 is 53.5. The molecule has 0 saturated heterocycles. The maximum Gasteiger partial charge on any atom is 0.331 e. The van der Waals surface area contributed by atoms with E-state index < -0.39 is 5.97 Å². The summed E-state index contributed by atoms with van der Waals surface area (Å²) in [5, 5.41) is 0. The molecule has 0 aromatic rings. The fraction of sp³-hybridized carbons (Fsp3) is 0.952. The largest absolute Gasteiger partial charge is 0.467 e. The van der Waals surface area contributed by atoms with Crippen LogP contribution < -0.4 is 0 Å². The molecule has 0 atom stereocenters. The zero-order valence-corrected chi connectivity index (χ0v) is 22.0. The lowest BCUT2D eigenvalue weighted by molar-refractivity contribution is -0.146. The maximum absolute atomic E-state index is 10.8. The van der Waals surface area contributed by atoms with Crippen molar-refractivity contribution in [2.75, 3.05) is 130 Å². The summed E-state index contributed by atoms with van der Waals surface area (Å²) in [4.78, 5) is 10.8. The third-order valence-electron chi connectivity index (χ3n) is 3.65. The van der Waals surface area contributed by atoms with Crippen LogP contribution in [0.5, 0.6) is 0 Å². The highest BCUT2D eigenvalue weighted by Crippen LogP contribution is 1.87. The topological polar surface area (TPSA) is 109 Å². The van der Waals surface area contributed by atoms with E-state index in [0.717, 1.165) is 11.0 Å². The van der Waals surface area contributed by atoms with Crippen LogP contribution in [0.3, 0.4) is 0 Å². The summed E-state index contributed by atoms with van der Waals surface area (Å²) in [7, 11) is 1.32. The van der Waals surface area contributed by atoms with Crippen LogP contribution in [0.4, 0.5) is 0 Å². The van der Waals surface area contributed by atoms with Gasteiger partial charge in [0.1, 0.15) is 6.61 Å². The van der Waals surface area contributed by atoms with Crippen molar-refractivity contribution in [3.8, 4) is 0 Å². The van der Waals surface area contributed by atoms with Crippen molar-refractivity contribution in [2.45, 2.75) is 0 Å². The van der Waals surface area contributed by atoms with Crippen molar-refractivity contribution in [3.05, 3.63) is 0 Å². The highest BCUT2D eigenvalue weighted by atomic mass is 127. The molecule has 0 rings (SSSR count). The lowest BCUT2D eigenvalue weighted by Crippen LogP contribution is -2.16. The van der Waals surface area contributed by atoms with Crippen molar-refractivity contribution in [2.24, 2.45) is 0 Å². The van der Waals surface area contributed by atoms with Crippen LogP contribution in [-0.2, 0) is 52.2 Å². The maximum atomic E-state index is 10.8. The summed E-state index contributed by atoms with van der Waals surface area (Å²) in [6.45, 7) is 8.78. The van der Waals surface area contributed by atoms with Gasteiger partial charge >= 0.3 is 5.97 Å². The van der Waals surface area contributed by atoms with E-state index in [1.54, 1.807) is 0 Å². The van der Waals surface area contributed by atoms with Gasteiger partial charge in [0.25, 0.3) is 0 Å². The zero-order valence-electron chi connectivity index (χ0n) is 19.8. The van der Waals surface area contributed by atoms with Crippen LogP contribution in [-0.4, -0.2) is 136 Å². The standard InChI is InChI=1S/C21H41IO11/c1-24-21(23)20-33-19-18-32-17-16-31-15-14-30-13-12-29-11-10-28-9-8-27-7-6-26-5-4-25-3-2-22/h2-20H2,1H3. The Balaban J connectivity index is 3.02. The fourth-order valence-electron chi connectivity index (χ4n) is 2.03. The summed E-state index contributed by atoms with van der Waals surface area (Å²) in [5.74, 6) is -0.403. The second kappa shape index (κ2) is 29.9. The molecule has 0 unspecified atom stereocenters. The third-order valence-corrected chi connectivity index (χ3v) is 4.09. The van der Waals surface area contributed by atoms with E-state index >= 15 is 0 Å². The molecule has 0 N–H and O–H groups in total. The quantitative estimate of drug-likeness (QED) is 0.0553. The van der Waals surface area contributed by atoms with Gasteiger partial charge in [-0.15, -0.1) is 0 Å². The Morgan fingerprint density at radius 2 is 0.697 bits per heavy atom. The molecule has 198 valence electrons. The van der Waals surface area contributed by atoms with Gasteiger partial charge in [-0.2, -0.15) is 0 Å². The molecule has 0 spiro atoms. The molecule has 0 aliphatic heterocycles. The summed E-state index contributed by atoms with van der Waals surface area (Å²) in [6, 6.07) is 0. The van der Waals surface area contributed by atoms with Gasteiger partial charge in [0.2, 0.25) is 0 Å². The van der Waals surface area contributed by atoms with Gasteiger partial charge in [-0.25, -0.2) is 4.79 Å². The zero-order chi connectivity index (χ0) is 24.1. The minimum atomic E-state index is -0.403. The van der Waals surface area contributed by atoms with Crippen molar-refractivity contribution < 1.29 is 52.2 Å². The Morgan fingerprint density at radius 1 is 0.455 bits per heavy atom. The number of rotatable bonds is 28. The third kappa shape index (κ3) is 29.8. The second-order valence-corrected chi connectivity index (χ2v) is 7.30. The van der Waals surface area contributed by atoms with Gasteiger partial charge < -0.3 is 47.4 Å². The van der Waals surface area contributed by atoms with E-state index in [2.05, 4.69) is 27.3 Å². The minimum absolute atomic E-state index is 0.0636. The van der Waals surface area contributed by atoms with E-state index in [9.17, 15) is 4.79 Å². The monoisotopic (exact) mass is 596 g/mol. The van der Waals surface area contributed by atoms with Crippen LogP contribution in [0.2, 0.25) is 0 Å². The first-order valence-electron chi connectivity index (χ1n) is 11.1. The van der Waals surface area contributed by atoms with Gasteiger partial charge in [-0.3, -0.25) is 0 Å². The van der Waals surface area contributed by atoms with Gasteiger partial charge in [-0.1, -0.05) is 22.6 Å². The van der Waals surface area contributed by atoms with E-state index in [0.29, 0.717) is 106 Å². The summed E-state index contributed by atoms with van der Waals surface area (Å²) in [5.41, 5.74) is 0. The molecule has 0 aromatic heterocycles. The van der Waals surface area contributed by atoms with E-state index in [4.69, 9.17) is 42.6 Å². The minimum Gasteiger partial charge on any atom is -0.467 e. The molecule has 0 saturated carbocycles. The van der Waals surface area contributed by atoms with Crippen molar-refractivity contribution >= 4 is 28.6 Å². The number of halogens is 1. The Hall–Kier alpha value is -0.160. The molecular formula is C21H41IO11. The van der Waals surface area contributed by atoms with Crippen LogP contribution in [0.1, 0.15) is 0 Å². The number of carbonyl (C=O) groups is 1. The van der Waals surface area contributed by atoms with E-state index in [1.165, 1.54) is 7.11 Å². The average Bonchev–Trinajstić information content (AvgIpc) is 2.83. The highest BCUT2D eigenvalue weighted by molar-refractivity contribution is 14.1. The first kappa shape index (κ1) is 32.8. The van der Waals surface area contributed by atoms with Crippen molar-refractivity contribution in [1.82, 2.24) is 0 Å². The van der Waals surface area contributed by atoms with Crippen molar-refractivity contribution in [3.63, 3.8) is 0 Å². The number of carbonyl (C=O) groups excluding carboxylic acids is 1. The number of methoxy groups -OCH3 is 1. The molecular weight excluding hydrogens is 555 g/mol. The Kier molecular flexibility index (Phi) is 29.7. The van der Waals surface area contributed by atoms with Gasteiger partial charge in [0, 0.05) is 4.43 Å². The van der Waals surface area contributed by atoms with Crippen LogP contribution in [0, 0.1) is 0 Å². The van der Waals surface area contributed by atoms with Crippen LogP contribution >= 0.6 is 22.6 Å². The predicted molar refractivity (Wildman–Crippen MR) is 128 cm³/mol. The smallest absolute Gasteiger partial charge is 0.331 e. The van der Waals surface area contributed by atoms with Crippen molar-refractivity contribution in [1.29, 1.82) is 0 Å². The molecule has 0 amide bonds. The average molecular weight is 596 g/mol. The highest BCUT2D eigenvalue weighted by Gasteiger charge is 1.99. The first-order chi connectivity index (χ1) is 16.3. The fourth-order valence-corrected chi connectivity index (χ4v) is 2.34. The Morgan fingerprint density at radius 3 is 0.939 bits per heavy atom. The molecule has 0 heterocycles. The molecule has 0 aromatic carbocycles. The summed E-state index contributed by atoms with van der Waals surface area (Å²) >= 11 is 2.27. The van der Waals surface area contributed by atoms with Gasteiger partial charge in [0.05, 0.1) is 119 Å².